The fourth-order valence-corrected chi connectivity index (χ4v) is 10.1. The van der Waals surface area contributed by atoms with E-state index in [0.29, 0.717) is 0 Å². The lowest BCUT2D eigenvalue weighted by Crippen LogP contribution is -2.44. The SMILES string of the molecule is COc1ccc(C2SC3=C(CCCc4ccccc43)C(c3ccc(OC)cc3)C23CCCc2ccccc2C3=S)cc1. The Bertz CT molecular complexity index is 1650. The van der Waals surface area contributed by atoms with Gasteiger partial charge in [-0.25, -0.2) is 0 Å². The van der Waals surface area contributed by atoms with Crippen LogP contribution in [0.25, 0.3) is 4.91 Å². The first-order chi connectivity index (χ1) is 20.6. The Morgan fingerprint density at radius 1 is 0.667 bits per heavy atom. The Morgan fingerprint density at radius 3 is 1.90 bits per heavy atom. The molecule has 0 saturated carbocycles. The van der Waals surface area contributed by atoms with E-state index < -0.39 is 0 Å². The van der Waals surface area contributed by atoms with Gasteiger partial charge in [0.2, 0.25) is 0 Å². The maximum atomic E-state index is 6.75. The Balaban J connectivity index is 1.54. The van der Waals surface area contributed by atoms with Gasteiger partial charge in [-0.05, 0) is 102 Å². The second-order valence-corrected chi connectivity index (χ2v) is 13.2. The van der Waals surface area contributed by atoms with E-state index in [2.05, 4.69) is 109 Å². The van der Waals surface area contributed by atoms with E-state index in [9.17, 15) is 0 Å². The zero-order chi connectivity index (χ0) is 28.7. The highest BCUT2D eigenvalue weighted by Crippen LogP contribution is 2.68. The first-order valence-electron chi connectivity index (χ1n) is 15.0. The second kappa shape index (κ2) is 11.4. The summed E-state index contributed by atoms with van der Waals surface area (Å²) in [5, 5.41) is 0.152. The molecule has 4 heteroatoms. The molecule has 0 aromatic heterocycles. The number of benzene rings is 4. The molecule has 0 saturated heterocycles. The average molecular weight is 589 g/mol. The molecule has 3 atom stereocenters. The van der Waals surface area contributed by atoms with Crippen LogP contribution in [0.15, 0.2) is 103 Å². The lowest BCUT2D eigenvalue weighted by molar-refractivity contribution is 0.319. The zero-order valence-corrected chi connectivity index (χ0v) is 25.9. The molecular weight excluding hydrogens is 553 g/mol. The Hall–Kier alpha value is -3.34. The first-order valence-corrected chi connectivity index (χ1v) is 16.3. The van der Waals surface area contributed by atoms with Crippen LogP contribution in [0, 0.1) is 5.41 Å². The summed E-state index contributed by atoms with van der Waals surface area (Å²) < 4.78 is 11.2. The number of hydrogen-bond acceptors (Lipinski definition) is 4. The monoisotopic (exact) mass is 588 g/mol. The smallest absolute Gasteiger partial charge is 0.118 e. The van der Waals surface area contributed by atoms with Gasteiger partial charge in [0.1, 0.15) is 11.5 Å². The number of hydrogen-bond donors (Lipinski definition) is 0. The third-order valence-corrected chi connectivity index (χ3v) is 11.8. The van der Waals surface area contributed by atoms with Crippen LogP contribution in [0.4, 0.5) is 0 Å². The minimum atomic E-state index is -0.270. The Kier molecular flexibility index (Phi) is 7.46. The molecule has 2 nitrogen and oxygen atoms in total. The first kappa shape index (κ1) is 27.5. The maximum absolute atomic E-state index is 6.75. The summed E-state index contributed by atoms with van der Waals surface area (Å²) in [7, 11) is 3.48. The van der Waals surface area contributed by atoms with E-state index >= 15 is 0 Å². The van der Waals surface area contributed by atoms with E-state index in [4.69, 9.17) is 21.7 Å². The fraction of sp³-hybridized carbons (Fsp3) is 0.289. The maximum Gasteiger partial charge on any atom is 0.118 e. The summed E-state index contributed by atoms with van der Waals surface area (Å²) in [5.41, 5.74) is 9.45. The number of fused-ring (bicyclic) bond motifs is 3. The van der Waals surface area contributed by atoms with Crippen LogP contribution in [0.3, 0.4) is 0 Å². The minimum Gasteiger partial charge on any atom is -0.497 e. The summed E-state index contributed by atoms with van der Waals surface area (Å²) in [6.45, 7) is 0. The molecule has 4 aromatic carbocycles. The molecule has 42 heavy (non-hydrogen) atoms. The van der Waals surface area contributed by atoms with Crippen molar-refractivity contribution >= 4 is 33.7 Å². The summed E-state index contributed by atoms with van der Waals surface area (Å²) in [6.07, 6.45) is 6.54. The van der Waals surface area contributed by atoms with Crippen molar-refractivity contribution in [3.05, 3.63) is 136 Å². The van der Waals surface area contributed by atoms with Gasteiger partial charge in [-0.2, -0.15) is 0 Å². The highest BCUT2D eigenvalue weighted by Gasteiger charge is 2.55. The van der Waals surface area contributed by atoms with Crippen molar-refractivity contribution in [2.45, 2.75) is 49.7 Å². The van der Waals surface area contributed by atoms with Crippen molar-refractivity contribution in [1.82, 2.24) is 0 Å². The Morgan fingerprint density at radius 2 is 1.24 bits per heavy atom. The number of methoxy groups -OCH3 is 2. The minimum absolute atomic E-state index is 0.152. The van der Waals surface area contributed by atoms with E-state index in [0.717, 1.165) is 54.9 Å². The van der Waals surface area contributed by atoms with Crippen LogP contribution >= 0.6 is 24.0 Å². The normalized spacial score (nSPS) is 23.3. The van der Waals surface area contributed by atoms with Crippen molar-refractivity contribution in [2.75, 3.05) is 14.2 Å². The summed E-state index contributed by atoms with van der Waals surface area (Å²) in [6, 6.07) is 35.6. The summed E-state index contributed by atoms with van der Waals surface area (Å²) in [4.78, 5) is 2.57. The zero-order valence-electron chi connectivity index (χ0n) is 24.3. The quantitative estimate of drug-likeness (QED) is 0.221. The molecule has 1 heterocycles. The highest BCUT2D eigenvalue weighted by molar-refractivity contribution is 8.08. The molecule has 7 rings (SSSR count). The molecule has 1 spiro atoms. The standard InChI is InChI=1S/C38H36O2S2/c1-39-29-20-16-27(17-21-29)34-33-15-7-11-25-9-3-5-13-31(25)35(33)42-37(28-18-22-30(40-2)23-19-28)38(34)24-8-12-26-10-4-6-14-32(26)36(38)41/h3-6,9-10,13-14,16-23,34,37H,7-8,11-12,15,24H2,1-2H3. The van der Waals surface area contributed by atoms with Crippen molar-refractivity contribution < 1.29 is 9.47 Å². The average Bonchev–Trinajstić information content (AvgIpc) is 3.31. The van der Waals surface area contributed by atoms with Gasteiger partial charge in [-0.15, -0.1) is 11.8 Å². The van der Waals surface area contributed by atoms with Gasteiger partial charge in [-0.1, -0.05) is 85.0 Å². The molecule has 4 aromatic rings. The van der Waals surface area contributed by atoms with Crippen LogP contribution in [-0.2, 0) is 12.8 Å². The van der Waals surface area contributed by atoms with Gasteiger partial charge < -0.3 is 9.47 Å². The predicted molar refractivity (Wildman–Crippen MR) is 179 cm³/mol. The number of thioether (sulfide) groups is 1. The van der Waals surface area contributed by atoms with Crippen LogP contribution in [-0.4, -0.2) is 19.1 Å². The van der Waals surface area contributed by atoms with E-state index in [1.165, 1.54) is 38.3 Å². The van der Waals surface area contributed by atoms with Gasteiger partial charge in [0.05, 0.1) is 14.2 Å². The topological polar surface area (TPSA) is 18.5 Å². The summed E-state index contributed by atoms with van der Waals surface area (Å²) >= 11 is 8.81. The van der Waals surface area contributed by atoms with Crippen LogP contribution in [0.2, 0.25) is 0 Å². The molecule has 0 fully saturated rings. The molecule has 1 aliphatic heterocycles. The molecule has 3 unspecified atom stereocenters. The van der Waals surface area contributed by atoms with Crippen molar-refractivity contribution in [3.8, 4) is 11.5 Å². The lowest BCUT2D eigenvalue weighted by atomic mass is 9.59. The van der Waals surface area contributed by atoms with Gasteiger partial charge in [0.15, 0.2) is 0 Å². The van der Waals surface area contributed by atoms with Gasteiger partial charge in [0, 0.05) is 26.4 Å². The molecule has 0 N–H and O–H groups in total. The molecule has 0 amide bonds. The van der Waals surface area contributed by atoms with Crippen LogP contribution in [0.1, 0.15) is 70.2 Å². The van der Waals surface area contributed by atoms with Crippen molar-refractivity contribution in [2.24, 2.45) is 5.41 Å². The number of allylic oxidation sites excluding steroid dienone is 1. The molecule has 0 bridgehead atoms. The molecular formula is C38H36O2S2. The highest BCUT2D eigenvalue weighted by atomic mass is 32.2. The van der Waals surface area contributed by atoms with Gasteiger partial charge in [-0.3, -0.25) is 0 Å². The molecule has 0 radical (unpaired) electrons. The van der Waals surface area contributed by atoms with Crippen molar-refractivity contribution in [3.63, 3.8) is 0 Å². The molecule has 3 aliphatic rings. The second-order valence-electron chi connectivity index (χ2n) is 11.7. The number of rotatable bonds is 4. The van der Waals surface area contributed by atoms with Crippen molar-refractivity contribution in [1.29, 1.82) is 0 Å². The van der Waals surface area contributed by atoms with Gasteiger partial charge in [0.25, 0.3) is 0 Å². The van der Waals surface area contributed by atoms with E-state index in [-0.39, 0.29) is 16.6 Å². The summed E-state index contributed by atoms with van der Waals surface area (Å²) in [5.74, 6) is 1.93. The van der Waals surface area contributed by atoms with Crippen LogP contribution in [0.5, 0.6) is 11.5 Å². The molecule has 212 valence electrons. The third kappa shape index (κ3) is 4.51. The largest absolute Gasteiger partial charge is 0.497 e. The van der Waals surface area contributed by atoms with E-state index in [1.54, 1.807) is 19.8 Å². The Labute approximate surface area is 259 Å². The van der Waals surface area contributed by atoms with Crippen LogP contribution < -0.4 is 9.47 Å². The number of thiocarbonyl (C=S) groups is 1. The number of aryl methyl sites for hydroxylation is 2. The third-order valence-electron chi connectivity index (χ3n) is 9.60. The molecule has 2 aliphatic carbocycles. The van der Waals surface area contributed by atoms with Gasteiger partial charge >= 0.3 is 0 Å². The lowest BCUT2D eigenvalue weighted by Gasteiger charge is -2.52. The fourth-order valence-electron chi connectivity index (χ4n) is 7.68. The van der Waals surface area contributed by atoms with E-state index in [1.807, 2.05) is 0 Å². The predicted octanol–water partition coefficient (Wildman–Crippen LogP) is 9.76. The number of ether oxygens (including phenoxy) is 2.